The molecule has 3 aromatic carbocycles. The molecule has 0 radical (unpaired) electrons. The number of rotatable bonds is 4. The molecule has 0 unspecified atom stereocenters. The first-order valence-electron chi connectivity index (χ1n) is 8.38. The van der Waals surface area contributed by atoms with Crippen molar-refractivity contribution in [3.8, 4) is 0 Å². The number of amides is 2. The number of hydrogen-bond acceptors (Lipinski definition) is 2. The molecule has 4 heteroatoms. The third kappa shape index (κ3) is 4.16. The Labute approximate surface area is 152 Å². The van der Waals surface area contributed by atoms with E-state index < -0.39 is 0 Å². The standard InChI is InChI=1S/C22H20N2O2/c1-15-8-9-18(14-16(15)2)22(26)24-20-12-10-19(11-13-20)23-21(25)17-6-4-3-5-7-17/h3-14H,1-2H3,(H,23,25)(H,24,26). The quantitative estimate of drug-likeness (QED) is 0.714. The zero-order chi connectivity index (χ0) is 18.5. The minimum atomic E-state index is -0.169. The lowest BCUT2D eigenvalue weighted by atomic mass is 10.1. The van der Waals surface area contributed by atoms with Crippen LogP contribution >= 0.6 is 0 Å². The summed E-state index contributed by atoms with van der Waals surface area (Å²) in [4.78, 5) is 24.5. The zero-order valence-corrected chi connectivity index (χ0v) is 14.7. The minimum absolute atomic E-state index is 0.158. The van der Waals surface area contributed by atoms with Gasteiger partial charge in [-0.15, -0.1) is 0 Å². The average molecular weight is 344 g/mol. The molecule has 130 valence electrons. The van der Waals surface area contributed by atoms with Crippen molar-refractivity contribution in [3.05, 3.63) is 95.1 Å². The summed E-state index contributed by atoms with van der Waals surface area (Å²) in [5, 5.41) is 5.70. The Bertz CT molecular complexity index is 932. The molecule has 0 aliphatic rings. The van der Waals surface area contributed by atoms with E-state index in [4.69, 9.17) is 0 Å². The van der Waals surface area contributed by atoms with Crippen molar-refractivity contribution >= 4 is 23.2 Å². The number of aryl methyl sites for hydroxylation is 2. The molecule has 0 heterocycles. The first-order valence-corrected chi connectivity index (χ1v) is 8.38. The number of benzene rings is 3. The molecule has 0 atom stereocenters. The van der Waals surface area contributed by atoms with E-state index in [2.05, 4.69) is 10.6 Å². The van der Waals surface area contributed by atoms with Crippen LogP contribution in [-0.4, -0.2) is 11.8 Å². The van der Waals surface area contributed by atoms with Crippen molar-refractivity contribution in [2.75, 3.05) is 10.6 Å². The highest BCUT2D eigenvalue weighted by Gasteiger charge is 2.08. The molecular weight excluding hydrogens is 324 g/mol. The van der Waals surface area contributed by atoms with Gasteiger partial charge in [0.25, 0.3) is 11.8 Å². The van der Waals surface area contributed by atoms with Crippen molar-refractivity contribution in [2.24, 2.45) is 0 Å². The molecular formula is C22H20N2O2. The van der Waals surface area contributed by atoms with Gasteiger partial charge in [0.05, 0.1) is 0 Å². The third-order valence-corrected chi connectivity index (χ3v) is 4.21. The first-order chi connectivity index (χ1) is 12.5. The predicted molar refractivity (Wildman–Crippen MR) is 105 cm³/mol. The summed E-state index contributed by atoms with van der Waals surface area (Å²) in [5.74, 6) is -0.327. The maximum absolute atomic E-state index is 12.3. The number of carbonyl (C=O) groups excluding carboxylic acids is 2. The molecule has 0 spiro atoms. The first kappa shape index (κ1) is 17.4. The van der Waals surface area contributed by atoms with Gasteiger partial charge in [-0.25, -0.2) is 0 Å². The van der Waals surface area contributed by atoms with Gasteiger partial charge in [0.2, 0.25) is 0 Å². The van der Waals surface area contributed by atoms with Gasteiger partial charge in [0.1, 0.15) is 0 Å². The Morgan fingerprint density at radius 2 is 1.15 bits per heavy atom. The monoisotopic (exact) mass is 344 g/mol. The molecule has 0 fully saturated rings. The highest BCUT2D eigenvalue weighted by Crippen LogP contribution is 2.17. The van der Waals surface area contributed by atoms with Crippen LogP contribution in [0.1, 0.15) is 31.8 Å². The van der Waals surface area contributed by atoms with Gasteiger partial charge < -0.3 is 10.6 Å². The Hall–Kier alpha value is -3.40. The van der Waals surface area contributed by atoms with Gasteiger partial charge in [0, 0.05) is 22.5 Å². The van der Waals surface area contributed by atoms with Crippen molar-refractivity contribution in [3.63, 3.8) is 0 Å². The molecule has 2 amide bonds. The average Bonchev–Trinajstić information content (AvgIpc) is 2.66. The van der Waals surface area contributed by atoms with Crippen LogP contribution in [0.4, 0.5) is 11.4 Å². The molecule has 0 aliphatic carbocycles. The number of anilines is 2. The van der Waals surface area contributed by atoms with E-state index in [0.717, 1.165) is 11.1 Å². The van der Waals surface area contributed by atoms with Crippen LogP contribution in [0.25, 0.3) is 0 Å². The van der Waals surface area contributed by atoms with Crippen LogP contribution < -0.4 is 10.6 Å². The van der Waals surface area contributed by atoms with Gasteiger partial charge in [-0.1, -0.05) is 24.3 Å². The second-order valence-electron chi connectivity index (χ2n) is 6.15. The van der Waals surface area contributed by atoms with Gasteiger partial charge in [-0.2, -0.15) is 0 Å². The van der Waals surface area contributed by atoms with Crippen LogP contribution in [-0.2, 0) is 0 Å². The highest BCUT2D eigenvalue weighted by atomic mass is 16.2. The minimum Gasteiger partial charge on any atom is -0.322 e. The van der Waals surface area contributed by atoms with Crippen LogP contribution in [0.3, 0.4) is 0 Å². The normalized spacial score (nSPS) is 10.2. The summed E-state index contributed by atoms with van der Waals surface area (Å²) >= 11 is 0. The molecule has 4 nitrogen and oxygen atoms in total. The zero-order valence-electron chi connectivity index (χ0n) is 14.7. The van der Waals surface area contributed by atoms with Gasteiger partial charge in [-0.05, 0) is 73.5 Å². The fourth-order valence-corrected chi connectivity index (χ4v) is 2.52. The second kappa shape index (κ2) is 7.66. The van der Waals surface area contributed by atoms with E-state index in [1.807, 2.05) is 50.2 Å². The molecule has 26 heavy (non-hydrogen) atoms. The SMILES string of the molecule is Cc1ccc(C(=O)Nc2ccc(NC(=O)c3ccccc3)cc2)cc1C. The van der Waals surface area contributed by atoms with Crippen LogP contribution in [0.5, 0.6) is 0 Å². The summed E-state index contributed by atoms with van der Waals surface area (Å²) in [5.41, 5.74) is 4.79. The molecule has 0 saturated carbocycles. The summed E-state index contributed by atoms with van der Waals surface area (Å²) in [7, 11) is 0. The van der Waals surface area contributed by atoms with Crippen molar-refractivity contribution in [1.82, 2.24) is 0 Å². The molecule has 0 saturated heterocycles. The molecule has 0 aliphatic heterocycles. The molecule has 3 rings (SSSR count). The van der Waals surface area contributed by atoms with E-state index in [9.17, 15) is 9.59 Å². The third-order valence-electron chi connectivity index (χ3n) is 4.21. The fourth-order valence-electron chi connectivity index (χ4n) is 2.52. The number of nitrogens with one attached hydrogen (secondary N) is 2. The van der Waals surface area contributed by atoms with Crippen LogP contribution in [0, 0.1) is 13.8 Å². The lowest BCUT2D eigenvalue weighted by molar-refractivity contribution is 0.101. The molecule has 0 aromatic heterocycles. The van der Waals surface area contributed by atoms with Crippen molar-refractivity contribution in [1.29, 1.82) is 0 Å². The number of carbonyl (C=O) groups is 2. The molecule has 2 N–H and O–H groups in total. The lowest BCUT2D eigenvalue weighted by Gasteiger charge is -2.09. The Kier molecular flexibility index (Phi) is 5.13. The summed E-state index contributed by atoms with van der Waals surface area (Å²) in [6, 6.07) is 21.7. The van der Waals surface area contributed by atoms with Crippen molar-refractivity contribution < 1.29 is 9.59 Å². The van der Waals surface area contributed by atoms with Gasteiger partial charge in [-0.3, -0.25) is 9.59 Å². The smallest absolute Gasteiger partial charge is 0.255 e. The van der Waals surface area contributed by atoms with E-state index in [-0.39, 0.29) is 11.8 Å². The molecule has 0 bridgehead atoms. The van der Waals surface area contributed by atoms with Gasteiger partial charge >= 0.3 is 0 Å². The van der Waals surface area contributed by atoms with Gasteiger partial charge in [0.15, 0.2) is 0 Å². The van der Waals surface area contributed by atoms with E-state index in [1.165, 1.54) is 0 Å². The lowest BCUT2D eigenvalue weighted by Crippen LogP contribution is -2.13. The van der Waals surface area contributed by atoms with Crippen molar-refractivity contribution in [2.45, 2.75) is 13.8 Å². The Balaban J connectivity index is 1.65. The van der Waals surface area contributed by atoms with E-state index in [0.29, 0.717) is 22.5 Å². The fraction of sp³-hybridized carbons (Fsp3) is 0.0909. The second-order valence-corrected chi connectivity index (χ2v) is 6.15. The molecule has 3 aromatic rings. The van der Waals surface area contributed by atoms with E-state index in [1.54, 1.807) is 36.4 Å². The number of hydrogen-bond donors (Lipinski definition) is 2. The van der Waals surface area contributed by atoms with Crippen LogP contribution in [0.15, 0.2) is 72.8 Å². The van der Waals surface area contributed by atoms with Crippen LogP contribution in [0.2, 0.25) is 0 Å². The summed E-state index contributed by atoms with van der Waals surface area (Å²) in [6.45, 7) is 4.00. The maximum Gasteiger partial charge on any atom is 0.255 e. The Morgan fingerprint density at radius 1 is 0.615 bits per heavy atom. The Morgan fingerprint density at radius 3 is 1.69 bits per heavy atom. The summed E-state index contributed by atoms with van der Waals surface area (Å²) in [6.07, 6.45) is 0. The maximum atomic E-state index is 12.3. The topological polar surface area (TPSA) is 58.2 Å². The largest absolute Gasteiger partial charge is 0.322 e. The highest BCUT2D eigenvalue weighted by molar-refractivity contribution is 6.05. The van der Waals surface area contributed by atoms with E-state index >= 15 is 0 Å². The summed E-state index contributed by atoms with van der Waals surface area (Å²) < 4.78 is 0. The predicted octanol–water partition coefficient (Wildman–Crippen LogP) is 4.81.